The van der Waals surface area contributed by atoms with Crippen LogP contribution >= 0.6 is 0 Å². The molecule has 0 heterocycles. The Morgan fingerprint density at radius 2 is 1.83 bits per heavy atom. The highest BCUT2D eigenvalue weighted by Crippen LogP contribution is 2.66. The van der Waals surface area contributed by atoms with Gasteiger partial charge in [-0.15, -0.1) is 0 Å². The van der Waals surface area contributed by atoms with E-state index in [1.807, 2.05) is 13.8 Å². The number of benzene rings is 1. The molecule has 3 fully saturated rings. The number of allylic oxidation sites excluding steroid dienone is 1. The predicted octanol–water partition coefficient (Wildman–Crippen LogP) is 6.58. The molecule has 0 saturated heterocycles. The monoisotopic (exact) mass is 651 g/mol. The second-order valence-corrected chi connectivity index (χ2v) is 15.1. The highest BCUT2D eigenvalue weighted by Gasteiger charge is 2.61. The van der Waals surface area contributed by atoms with Gasteiger partial charge in [0.1, 0.15) is 11.5 Å². The van der Waals surface area contributed by atoms with Crippen LogP contribution in [0.15, 0.2) is 34.9 Å². The minimum Gasteiger partial charge on any atom is -0.393 e. The molecule has 3 saturated carbocycles. The Hall–Kier alpha value is -3.67. The molecule has 4 aliphatic carbocycles. The number of aliphatic hydroxyl groups excluding tert-OH is 1. The molecule has 0 spiro atoms. The zero-order valence-corrected chi connectivity index (χ0v) is 28.2. The highest BCUT2D eigenvalue weighted by molar-refractivity contribution is 5.96. The van der Waals surface area contributed by atoms with E-state index in [1.165, 1.54) is 24.6 Å². The number of ketones is 1. The molecular formula is C35H49N5O7. The number of carbonyl (C=O) groups is 2. The first kappa shape index (κ1) is 34.7. The molecule has 12 heteroatoms. The Balaban J connectivity index is 1.46. The predicted molar refractivity (Wildman–Crippen MR) is 179 cm³/mol. The van der Waals surface area contributed by atoms with Crippen LogP contribution in [0, 0.1) is 66.6 Å². The number of nitrogens with one attached hydrogen (secondary N) is 2. The van der Waals surface area contributed by atoms with Crippen molar-refractivity contribution >= 4 is 34.5 Å². The summed E-state index contributed by atoms with van der Waals surface area (Å²) in [6, 6.07) is 3.46. The summed E-state index contributed by atoms with van der Waals surface area (Å²) in [5.41, 5.74) is 4.18. The summed E-state index contributed by atoms with van der Waals surface area (Å²) in [5.74, 6) is 0.795. The fourth-order valence-corrected chi connectivity index (χ4v) is 9.70. The maximum absolute atomic E-state index is 13.9. The highest BCUT2D eigenvalue weighted by atomic mass is 16.6. The second-order valence-electron chi connectivity index (χ2n) is 15.1. The topological polar surface area (TPSA) is 177 Å². The lowest BCUT2D eigenvalue weighted by atomic mass is 9.47. The zero-order chi connectivity index (χ0) is 34.3. The van der Waals surface area contributed by atoms with Crippen molar-refractivity contribution in [3.8, 4) is 0 Å². The second kappa shape index (κ2) is 13.4. The van der Waals surface area contributed by atoms with Gasteiger partial charge in [0.25, 0.3) is 5.69 Å². The number of nitrogens with zero attached hydrogens (tertiary/aromatic N) is 3. The lowest BCUT2D eigenvalue weighted by molar-refractivity contribution is -0.393. The van der Waals surface area contributed by atoms with Crippen LogP contribution in [0.3, 0.4) is 0 Å². The molecule has 3 N–H and O–H groups in total. The number of nitro benzene ring substituents is 2. The van der Waals surface area contributed by atoms with Crippen LogP contribution in [0.25, 0.3) is 0 Å². The van der Waals surface area contributed by atoms with E-state index in [4.69, 9.17) is 5.10 Å². The number of hydrogen-bond donors (Lipinski definition) is 3. The number of nitro groups is 2. The summed E-state index contributed by atoms with van der Waals surface area (Å²) < 4.78 is 0. The molecule has 9 atom stereocenters. The Kier molecular flexibility index (Phi) is 9.92. The summed E-state index contributed by atoms with van der Waals surface area (Å²) in [4.78, 5) is 47.0. The molecule has 0 aromatic heterocycles. The third kappa shape index (κ3) is 6.71. The van der Waals surface area contributed by atoms with Crippen molar-refractivity contribution < 1.29 is 24.5 Å². The van der Waals surface area contributed by atoms with Crippen molar-refractivity contribution in [2.45, 2.75) is 98.5 Å². The van der Waals surface area contributed by atoms with Crippen LogP contribution in [0.5, 0.6) is 0 Å². The van der Waals surface area contributed by atoms with Gasteiger partial charge in [-0.05, 0) is 91.9 Å². The van der Waals surface area contributed by atoms with Gasteiger partial charge in [0.2, 0.25) is 5.91 Å². The number of Topliss-reactive ketones (excluding diaryl/α,β-unsaturated/α-hetero) is 1. The minimum atomic E-state index is -0.667. The number of hydrogen-bond acceptors (Lipinski definition) is 9. The van der Waals surface area contributed by atoms with E-state index in [0.717, 1.165) is 50.3 Å². The standard InChI is InChI=1S/C35H49N5O7/c1-20(19-36-22(3)41)6-11-32(43)21(2)33-30(38-37-29-10-8-24(39(44)45)17-31(29)40(46)47)18-28-26-9-7-23-16-25(42)12-14-34(23,4)27(26)13-15-35(28,33)5/h7-8,10,17,20-21,25-28,33,37,42H,6,9,11-16,18-19H2,1-5H3,(H,36,41)/b38-30-/t20-,21-,25+,26+,27-,28+,33-,34+,35+/m1/s1. The summed E-state index contributed by atoms with van der Waals surface area (Å²) in [6.45, 7) is 10.7. The average Bonchev–Trinajstić information content (AvgIpc) is 3.33. The molecule has 47 heavy (non-hydrogen) atoms. The van der Waals surface area contributed by atoms with Crippen molar-refractivity contribution in [3.63, 3.8) is 0 Å². The summed E-state index contributed by atoms with van der Waals surface area (Å²) in [6.07, 6.45) is 9.17. The third-order valence-electron chi connectivity index (χ3n) is 12.3. The van der Waals surface area contributed by atoms with Crippen LogP contribution in [0.2, 0.25) is 0 Å². The Bertz CT molecular complexity index is 1490. The number of fused-ring (bicyclic) bond motifs is 5. The largest absolute Gasteiger partial charge is 0.393 e. The molecule has 256 valence electrons. The summed E-state index contributed by atoms with van der Waals surface area (Å²) in [5, 5.41) is 41.2. The molecule has 0 radical (unpaired) electrons. The molecule has 0 aliphatic heterocycles. The number of non-ortho nitro benzene ring substituents is 1. The number of hydrazone groups is 1. The average molecular weight is 652 g/mol. The van der Waals surface area contributed by atoms with Gasteiger partial charge >= 0.3 is 5.69 Å². The minimum absolute atomic E-state index is 0.0436. The van der Waals surface area contributed by atoms with Gasteiger partial charge in [-0.1, -0.05) is 39.3 Å². The van der Waals surface area contributed by atoms with Crippen molar-refractivity contribution in [2.75, 3.05) is 12.0 Å². The van der Waals surface area contributed by atoms with Crippen LogP contribution in [-0.2, 0) is 9.59 Å². The van der Waals surface area contributed by atoms with Crippen molar-refractivity contribution in [3.05, 3.63) is 50.1 Å². The van der Waals surface area contributed by atoms with E-state index >= 15 is 0 Å². The lowest BCUT2D eigenvalue weighted by Crippen LogP contribution is -2.51. The molecule has 4 aliphatic rings. The van der Waals surface area contributed by atoms with Gasteiger partial charge in [-0.3, -0.25) is 35.2 Å². The van der Waals surface area contributed by atoms with Crippen molar-refractivity contribution in [1.82, 2.24) is 5.32 Å². The van der Waals surface area contributed by atoms with E-state index in [1.54, 1.807) is 0 Å². The molecule has 5 rings (SSSR count). The molecule has 0 unspecified atom stereocenters. The number of amides is 1. The normalized spacial score (nSPS) is 33.4. The summed E-state index contributed by atoms with van der Waals surface area (Å²) in [7, 11) is 0. The Morgan fingerprint density at radius 3 is 2.51 bits per heavy atom. The fraction of sp³-hybridized carbons (Fsp3) is 0.686. The van der Waals surface area contributed by atoms with Gasteiger partial charge in [0.15, 0.2) is 0 Å². The van der Waals surface area contributed by atoms with Gasteiger partial charge in [0, 0.05) is 43.5 Å². The number of aliphatic hydroxyl groups is 1. The van der Waals surface area contributed by atoms with Crippen molar-refractivity contribution in [2.24, 2.45) is 51.4 Å². The first-order chi connectivity index (χ1) is 22.2. The van der Waals surface area contributed by atoms with Crippen molar-refractivity contribution in [1.29, 1.82) is 0 Å². The van der Waals surface area contributed by atoms with Gasteiger partial charge < -0.3 is 10.4 Å². The van der Waals surface area contributed by atoms with E-state index in [9.17, 15) is 34.9 Å². The smallest absolute Gasteiger partial charge is 0.301 e. The molecule has 1 aromatic carbocycles. The molecule has 1 amide bonds. The number of carbonyl (C=O) groups excluding carboxylic acids is 2. The Morgan fingerprint density at radius 1 is 1.09 bits per heavy atom. The van der Waals surface area contributed by atoms with E-state index < -0.39 is 15.5 Å². The van der Waals surface area contributed by atoms with Crippen LogP contribution in [-0.4, -0.2) is 45.0 Å². The molecule has 0 bridgehead atoms. The van der Waals surface area contributed by atoms with Crippen LogP contribution in [0.1, 0.15) is 92.4 Å². The third-order valence-corrected chi connectivity index (χ3v) is 12.3. The lowest BCUT2D eigenvalue weighted by Gasteiger charge is -2.58. The first-order valence-electron chi connectivity index (χ1n) is 17.1. The van der Waals surface area contributed by atoms with Gasteiger partial charge in [0.05, 0.1) is 22.0 Å². The quantitative estimate of drug-likeness (QED) is 0.136. The number of anilines is 1. The van der Waals surface area contributed by atoms with Crippen LogP contribution < -0.4 is 10.7 Å². The maximum Gasteiger partial charge on any atom is 0.301 e. The Labute approximate surface area is 276 Å². The SMILES string of the molecule is CC(=O)NC[C@H](C)CCC(=O)[C@@H](C)[C@@H]1/C(=N\Nc2ccc([N+](=O)[O-])cc2[N+](=O)[O-])C[C@H]2[C@H]3CC=C4C[C@@H](O)CC[C@]4(C)[C@@H]3CC[C@@]21C. The number of rotatable bonds is 11. The van der Waals surface area contributed by atoms with Gasteiger partial charge in [-0.25, -0.2) is 0 Å². The fourth-order valence-electron chi connectivity index (χ4n) is 9.70. The zero-order valence-electron chi connectivity index (χ0n) is 28.2. The molecular weight excluding hydrogens is 602 g/mol. The van der Waals surface area contributed by atoms with E-state index in [2.05, 4.69) is 30.7 Å². The summed E-state index contributed by atoms with van der Waals surface area (Å²) >= 11 is 0. The van der Waals surface area contributed by atoms with Gasteiger partial charge in [-0.2, -0.15) is 5.10 Å². The maximum atomic E-state index is 13.9. The molecule has 1 aromatic rings. The van der Waals surface area contributed by atoms with E-state index in [-0.39, 0.29) is 63.7 Å². The molecule has 12 nitrogen and oxygen atoms in total. The van der Waals surface area contributed by atoms with E-state index in [0.29, 0.717) is 37.6 Å². The van der Waals surface area contributed by atoms with Crippen LogP contribution in [0.4, 0.5) is 17.1 Å². The first-order valence-corrected chi connectivity index (χ1v) is 17.1.